The molecule has 0 radical (unpaired) electrons. The highest BCUT2D eigenvalue weighted by molar-refractivity contribution is 5.85. The molecular weight excluding hydrogens is 329 g/mol. The van der Waals surface area contributed by atoms with E-state index in [0.717, 1.165) is 32.2 Å². The van der Waals surface area contributed by atoms with Crippen LogP contribution in [0.2, 0.25) is 0 Å². The highest BCUT2D eigenvalue weighted by Crippen LogP contribution is 2.40. The number of alkyl halides is 3. The smallest absolute Gasteiger partial charge is 0.396 e. The molecule has 0 amide bonds. The van der Waals surface area contributed by atoms with Crippen LogP contribution in [0.1, 0.15) is 31.0 Å². The van der Waals surface area contributed by atoms with E-state index >= 15 is 0 Å². The maximum Gasteiger partial charge on any atom is 0.416 e. The van der Waals surface area contributed by atoms with Gasteiger partial charge in [0.2, 0.25) is 0 Å². The molecule has 0 saturated carbocycles. The first-order valence-electron chi connectivity index (χ1n) is 7.48. The van der Waals surface area contributed by atoms with Crippen molar-refractivity contribution < 1.29 is 18.3 Å². The first kappa shape index (κ1) is 20.2. The molecule has 1 aliphatic rings. The largest absolute Gasteiger partial charge is 0.416 e. The van der Waals surface area contributed by atoms with Gasteiger partial charge in [-0.2, -0.15) is 13.2 Å². The van der Waals surface area contributed by atoms with Crippen LogP contribution in [0.4, 0.5) is 13.2 Å². The van der Waals surface area contributed by atoms with E-state index in [2.05, 4.69) is 10.2 Å². The number of aliphatic hydroxyl groups excluding tert-OH is 1. The highest BCUT2D eigenvalue weighted by Gasteiger charge is 2.37. The summed E-state index contributed by atoms with van der Waals surface area (Å²) in [5.74, 6) is 0. The number of rotatable bonds is 4. The maximum atomic E-state index is 13.0. The molecule has 0 aromatic heterocycles. The molecular formula is C16H24ClF3N2O. The van der Waals surface area contributed by atoms with Crippen LogP contribution in [0.25, 0.3) is 0 Å². The van der Waals surface area contributed by atoms with Gasteiger partial charge in [-0.3, -0.25) is 4.90 Å². The Labute approximate surface area is 141 Å². The lowest BCUT2D eigenvalue weighted by Gasteiger charge is -2.43. The quantitative estimate of drug-likeness (QED) is 0.874. The molecule has 0 unspecified atom stereocenters. The van der Waals surface area contributed by atoms with Gasteiger partial charge in [-0.25, -0.2) is 0 Å². The third-order valence-electron chi connectivity index (χ3n) is 4.19. The molecule has 2 N–H and O–H groups in total. The number of halogens is 4. The lowest BCUT2D eigenvalue weighted by atomic mass is 9.79. The Hall–Kier alpha value is -0.820. The summed E-state index contributed by atoms with van der Waals surface area (Å²) in [7, 11) is 0. The van der Waals surface area contributed by atoms with Crippen LogP contribution >= 0.6 is 12.4 Å². The van der Waals surface area contributed by atoms with Crippen molar-refractivity contribution in [3.8, 4) is 0 Å². The molecule has 0 spiro atoms. The van der Waals surface area contributed by atoms with E-state index in [0.29, 0.717) is 5.56 Å². The number of aliphatic hydroxyl groups is 1. The molecule has 7 heteroatoms. The van der Waals surface area contributed by atoms with Gasteiger partial charge in [0.05, 0.1) is 5.56 Å². The maximum absolute atomic E-state index is 13.0. The predicted molar refractivity (Wildman–Crippen MR) is 86.7 cm³/mol. The summed E-state index contributed by atoms with van der Waals surface area (Å²) in [6.07, 6.45) is -4.35. The van der Waals surface area contributed by atoms with Crippen molar-refractivity contribution in [2.45, 2.75) is 26.1 Å². The van der Waals surface area contributed by atoms with E-state index in [1.54, 1.807) is 6.07 Å². The summed E-state index contributed by atoms with van der Waals surface area (Å²) >= 11 is 0. The SMILES string of the molecule is CC(C)(CO)[C@@H](c1cccc(C(F)(F)F)c1)N1CCNCC1.Cl. The summed E-state index contributed by atoms with van der Waals surface area (Å²) in [4.78, 5) is 2.15. The van der Waals surface area contributed by atoms with Crippen molar-refractivity contribution in [3.63, 3.8) is 0 Å². The van der Waals surface area contributed by atoms with Crippen molar-refractivity contribution in [1.82, 2.24) is 10.2 Å². The number of hydrogen-bond acceptors (Lipinski definition) is 3. The van der Waals surface area contributed by atoms with Crippen molar-refractivity contribution >= 4 is 12.4 Å². The normalized spacial score (nSPS) is 18.3. The number of nitrogens with one attached hydrogen (secondary N) is 1. The van der Waals surface area contributed by atoms with E-state index in [-0.39, 0.29) is 25.1 Å². The summed E-state index contributed by atoms with van der Waals surface area (Å²) in [5.41, 5.74) is -0.559. The molecule has 1 atom stereocenters. The third-order valence-corrected chi connectivity index (χ3v) is 4.19. The Bertz CT molecular complexity index is 502. The third kappa shape index (κ3) is 4.83. The molecule has 1 heterocycles. The first-order chi connectivity index (χ1) is 10.3. The molecule has 1 aromatic rings. The zero-order valence-electron chi connectivity index (χ0n) is 13.4. The fourth-order valence-corrected chi connectivity index (χ4v) is 3.07. The minimum atomic E-state index is -4.35. The molecule has 0 aliphatic carbocycles. The van der Waals surface area contributed by atoms with E-state index in [1.807, 2.05) is 13.8 Å². The summed E-state index contributed by atoms with van der Waals surface area (Å²) in [6, 6.07) is 5.22. The van der Waals surface area contributed by atoms with Crippen LogP contribution in [0.5, 0.6) is 0 Å². The van der Waals surface area contributed by atoms with Gasteiger partial charge in [-0.1, -0.05) is 26.0 Å². The van der Waals surface area contributed by atoms with Gasteiger partial charge in [0.25, 0.3) is 0 Å². The van der Waals surface area contributed by atoms with Crippen LogP contribution < -0.4 is 5.32 Å². The number of piperazine rings is 1. The van der Waals surface area contributed by atoms with Crippen molar-refractivity contribution in [1.29, 1.82) is 0 Å². The van der Waals surface area contributed by atoms with E-state index < -0.39 is 17.2 Å². The van der Waals surface area contributed by atoms with Gasteiger partial charge < -0.3 is 10.4 Å². The summed E-state index contributed by atoms with van der Waals surface area (Å²) in [5, 5.41) is 13.0. The first-order valence-corrected chi connectivity index (χ1v) is 7.48. The standard InChI is InChI=1S/C16H23F3N2O.ClH/c1-15(2,11-22)14(21-8-6-20-7-9-21)12-4-3-5-13(10-12)16(17,18)19;/h3-5,10,14,20,22H,6-9,11H2,1-2H3;1H/t14-;/m1./s1. The second-order valence-electron chi connectivity index (χ2n) is 6.46. The van der Waals surface area contributed by atoms with Crippen LogP contribution in [-0.4, -0.2) is 42.8 Å². The highest BCUT2D eigenvalue weighted by atomic mass is 35.5. The average molecular weight is 353 g/mol. The minimum Gasteiger partial charge on any atom is -0.396 e. The Morgan fingerprint density at radius 1 is 1.22 bits per heavy atom. The van der Waals surface area contributed by atoms with Crippen LogP contribution in [0.3, 0.4) is 0 Å². The Morgan fingerprint density at radius 2 is 1.83 bits per heavy atom. The molecule has 0 bridgehead atoms. The van der Waals surface area contributed by atoms with Crippen LogP contribution in [0.15, 0.2) is 24.3 Å². The summed E-state index contributed by atoms with van der Waals surface area (Å²) < 4.78 is 38.9. The zero-order valence-corrected chi connectivity index (χ0v) is 14.2. The minimum absolute atomic E-state index is 0. The van der Waals surface area contributed by atoms with E-state index in [9.17, 15) is 18.3 Å². The Morgan fingerprint density at radius 3 is 2.35 bits per heavy atom. The van der Waals surface area contributed by atoms with E-state index in [4.69, 9.17) is 0 Å². The number of hydrogen-bond donors (Lipinski definition) is 2. The van der Waals surface area contributed by atoms with Crippen LogP contribution in [-0.2, 0) is 6.18 Å². The van der Waals surface area contributed by atoms with Gasteiger partial charge in [0.1, 0.15) is 0 Å². The number of benzene rings is 1. The molecule has 2 rings (SSSR count). The second-order valence-corrected chi connectivity index (χ2v) is 6.46. The monoisotopic (exact) mass is 352 g/mol. The van der Waals surface area contributed by atoms with Gasteiger partial charge in [-0.05, 0) is 17.7 Å². The van der Waals surface area contributed by atoms with Crippen LogP contribution in [0, 0.1) is 5.41 Å². The lowest BCUT2D eigenvalue weighted by molar-refractivity contribution is -0.137. The fourth-order valence-electron chi connectivity index (χ4n) is 3.07. The summed E-state index contributed by atoms with van der Waals surface area (Å²) in [6.45, 7) is 6.81. The van der Waals surface area contributed by atoms with Gasteiger partial charge in [-0.15, -0.1) is 12.4 Å². The molecule has 23 heavy (non-hydrogen) atoms. The molecule has 1 saturated heterocycles. The zero-order chi connectivity index (χ0) is 16.4. The van der Waals surface area contributed by atoms with E-state index in [1.165, 1.54) is 12.1 Å². The Kier molecular flexibility index (Phi) is 6.89. The fraction of sp³-hybridized carbons (Fsp3) is 0.625. The van der Waals surface area contributed by atoms with Gasteiger partial charge in [0.15, 0.2) is 0 Å². The van der Waals surface area contributed by atoms with Crippen molar-refractivity contribution in [2.75, 3.05) is 32.8 Å². The van der Waals surface area contributed by atoms with Gasteiger partial charge >= 0.3 is 6.18 Å². The molecule has 1 fully saturated rings. The number of nitrogens with zero attached hydrogens (tertiary/aromatic N) is 1. The Balaban J connectivity index is 0.00000264. The van der Waals surface area contributed by atoms with Gasteiger partial charge in [0, 0.05) is 44.2 Å². The predicted octanol–water partition coefficient (Wildman–Crippen LogP) is 3.09. The average Bonchev–Trinajstić information content (AvgIpc) is 2.48. The molecule has 1 aromatic carbocycles. The molecule has 132 valence electrons. The topological polar surface area (TPSA) is 35.5 Å². The molecule has 3 nitrogen and oxygen atoms in total. The lowest BCUT2D eigenvalue weighted by Crippen LogP contribution is -2.49. The van der Waals surface area contributed by atoms with Crippen molar-refractivity contribution in [3.05, 3.63) is 35.4 Å². The van der Waals surface area contributed by atoms with Crippen molar-refractivity contribution in [2.24, 2.45) is 5.41 Å². The molecule has 1 aliphatic heterocycles. The second kappa shape index (κ2) is 7.83.